The fourth-order valence-electron chi connectivity index (χ4n) is 4.42. The van der Waals surface area contributed by atoms with Crippen LogP contribution in [-0.2, 0) is 20.4 Å². The minimum Gasteiger partial charge on any atom is -1.00 e. The number of halogens is 3. The number of benzene rings is 1. The van der Waals surface area contributed by atoms with Crippen molar-refractivity contribution in [3.05, 3.63) is 50.6 Å². The van der Waals surface area contributed by atoms with Gasteiger partial charge in [0.05, 0.1) is 0 Å². The molecule has 2 aliphatic carbocycles. The molecule has 0 bridgehead atoms. The fraction of sp³-hybridized carbons (Fsp3) is 0.524. The molecule has 2 aliphatic rings. The molecule has 0 heterocycles. The molecule has 142 valence electrons. The van der Waals surface area contributed by atoms with Gasteiger partial charge in [-0.15, -0.1) is 0 Å². The Kier molecular flexibility index (Phi) is 13.1. The SMILES string of the molecule is CC(C)C1=C(CC2CCCCC2)CC([SiH2]c2ccccc2)=[C]1[Ti+3].[Cl-].[Cl-].[Cl-]. The van der Waals surface area contributed by atoms with Crippen LogP contribution in [0, 0.1) is 11.8 Å². The Balaban J connectivity index is 0.00000208. The summed E-state index contributed by atoms with van der Waals surface area (Å²) in [5.41, 5.74) is 3.54. The van der Waals surface area contributed by atoms with Crippen molar-refractivity contribution in [3.8, 4) is 0 Å². The van der Waals surface area contributed by atoms with Gasteiger partial charge >= 0.3 is 156 Å². The van der Waals surface area contributed by atoms with E-state index in [1.165, 1.54) is 44.9 Å². The van der Waals surface area contributed by atoms with Crippen molar-refractivity contribution in [1.82, 2.24) is 0 Å². The van der Waals surface area contributed by atoms with Crippen molar-refractivity contribution in [2.24, 2.45) is 11.8 Å². The molecular formula is C21H29Cl3SiTi. The van der Waals surface area contributed by atoms with Gasteiger partial charge in [-0.05, 0) is 0 Å². The summed E-state index contributed by atoms with van der Waals surface area (Å²) in [5.74, 6) is 1.66. The predicted molar refractivity (Wildman–Crippen MR) is 99.3 cm³/mol. The number of rotatable bonds is 5. The fourth-order valence-corrected chi connectivity index (χ4v) is 7.49. The molecule has 0 radical (unpaired) electrons. The van der Waals surface area contributed by atoms with Crippen molar-refractivity contribution < 1.29 is 57.7 Å². The van der Waals surface area contributed by atoms with E-state index in [4.69, 9.17) is 0 Å². The summed E-state index contributed by atoms with van der Waals surface area (Å²) in [6.07, 6.45) is 10.0. The third-order valence-electron chi connectivity index (χ3n) is 5.53. The number of hydrogen-bond acceptors (Lipinski definition) is 0. The van der Waals surface area contributed by atoms with E-state index in [1.54, 1.807) is 14.6 Å². The van der Waals surface area contributed by atoms with E-state index in [2.05, 4.69) is 64.6 Å². The van der Waals surface area contributed by atoms with Gasteiger partial charge in [0.15, 0.2) is 0 Å². The first kappa shape index (κ1) is 26.5. The van der Waals surface area contributed by atoms with E-state index in [0.29, 0.717) is 5.92 Å². The first-order valence-corrected chi connectivity index (χ1v) is 11.5. The van der Waals surface area contributed by atoms with Gasteiger partial charge in [-0.3, -0.25) is 0 Å². The van der Waals surface area contributed by atoms with Crippen LogP contribution in [-0.4, -0.2) is 9.52 Å². The van der Waals surface area contributed by atoms with E-state index in [9.17, 15) is 0 Å². The molecule has 3 rings (SSSR count). The van der Waals surface area contributed by atoms with Crippen LogP contribution in [0.25, 0.3) is 0 Å². The Morgan fingerprint density at radius 2 is 1.62 bits per heavy atom. The first-order valence-electron chi connectivity index (χ1n) is 9.35. The average molecular weight is 464 g/mol. The first-order chi connectivity index (χ1) is 11.1. The van der Waals surface area contributed by atoms with Crippen LogP contribution in [0.2, 0.25) is 0 Å². The maximum Gasteiger partial charge on any atom is -1.00 e. The summed E-state index contributed by atoms with van der Waals surface area (Å²) < 4.78 is 1.67. The minimum atomic E-state index is -0.278. The Bertz CT molecular complexity index is 605. The van der Waals surface area contributed by atoms with Crippen molar-refractivity contribution >= 4 is 14.7 Å². The molecular weight excluding hydrogens is 435 g/mol. The zero-order chi connectivity index (χ0) is 16.2. The molecule has 26 heavy (non-hydrogen) atoms. The van der Waals surface area contributed by atoms with Gasteiger partial charge in [-0.25, -0.2) is 0 Å². The van der Waals surface area contributed by atoms with E-state index in [-0.39, 0.29) is 46.7 Å². The summed E-state index contributed by atoms with van der Waals surface area (Å²) in [6, 6.07) is 11.2. The summed E-state index contributed by atoms with van der Waals surface area (Å²) in [7, 11) is -0.278. The van der Waals surface area contributed by atoms with Crippen molar-refractivity contribution in [3.63, 3.8) is 0 Å². The minimum absolute atomic E-state index is 0. The van der Waals surface area contributed by atoms with Gasteiger partial charge in [0.2, 0.25) is 0 Å². The third kappa shape index (κ3) is 6.83. The Morgan fingerprint density at radius 3 is 2.19 bits per heavy atom. The van der Waals surface area contributed by atoms with Gasteiger partial charge in [-0.1, -0.05) is 0 Å². The quantitative estimate of drug-likeness (QED) is 0.387. The van der Waals surface area contributed by atoms with E-state index < -0.39 is 0 Å². The maximum atomic E-state index is 2.41. The molecule has 0 saturated heterocycles. The molecule has 0 spiro atoms. The van der Waals surface area contributed by atoms with Crippen LogP contribution in [0.5, 0.6) is 0 Å². The zero-order valence-electron chi connectivity index (χ0n) is 15.8. The second-order valence-electron chi connectivity index (χ2n) is 7.70. The van der Waals surface area contributed by atoms with Crippen molar-refractivity contribution in [2.75, 3.05) is 0 Å². The second-order valence-corrected chi connectivity index (χ2v) is 10.5. The number of allylic oxidation sites excluding steroid dienone is 4. The normalized spacial score (nSPS) is 18.2. The van der Waals surface area contributed by atoms with Crippen molar-refractivity contribution in [2.45, 2.75) is 58.8 Å². The third-order valence-corrected chi connectivity index (χ3v) is 8.96. The molecule has 1 aromatic carbocycles. The summed E-state index contributed by atoms with van der Waals surface area (Å²) in [6.45, 7) is 4.79. The Labute approximate surface area is 192 Å². The summed E-state index contributed by atoms with van der Waals surface area (Å²) in [4.78, 5) is 0. The van der Waals surface area contributed by atoms with Crippen LogP contribution in [0.15, 0.2) is 50.6 Å². The molecule has 0 amide bonds. The molecule has 0 nitrogen and oxygen atoms in total. The van der Waals surface area contributed by atoms with E-state index in [0.717, 1.165) is 5.92 Å². The van der Waals surface area contributed by atoms with Crippen LogP contribution in [0.3, 0.4) is 0 Å². The van der Waals surface area contributed by atoms with Gasteiger partial charge in [0, 0.05) is 0 Å². The van der Waals surface area contributed by atoms with E-state index >= 15 is 0 Å². The molecule has 5 heteroatoms. The molecule has 1 saturated carbocycles. The van der Waals surface area contributed by atoms with Crippen LogP contribution in [0.4, 0.5) is 0 Å². The number of hydrogen-bond donors (Lipinski definition) is 0. The average Bonchev–Trinajstić information content (AvgIpc) is 2.85. The molecule has 0 aliphatic heterocycles. The van der Waals surface area contributed by atoms with Gasteiger partial charge in [-0.2, -0.15) is 0 Å². The molecule has 0 N–H and O–H groups in total. The molecule has 1 fully saturated rings. The van der Waals surface area contributed by atoms with Crippen LogP contribution < -0.4 is 42.4 Å². The predicted octanol–water partition coefficient (Wildman–Crippen LogP) is -4.42. The van der Waals surface area contributed by atoms with E-state index in [1.807, 2.05) is 10.8 Å². The topological polar surface area (TPSA) is 0 Å². The monoisotopic (exact) mass is 462 g/mol. The molecule has 0 aromatic heterocycles. The van der Waals surface area contributed by atoms with Crippen molar-refractivity contribution in [1.29, 1.82) is 0 Å². The largest absolute Gasteiger partial charge is 1.00 e. The Morgan fingerprint density at radius 1 is 1.00 bits per heavy atom. The van der Waals surface area contributed by atoms with Gasteiger partial charge in [0.1, 0.15) is 0 Å². The second kappa shape index (κ2) is 12.9. The molecule has 0 unspecified atom stereocenters. The summed E-state index contributed by atoms with van der Waals surface area (Å²) >= 11 is 2.41. The van der Waals surface area contributed by atoms with Crippen LogP contribution in [0.1, 0.15) is 58.8 Å². The maximum absolute atomic E-state index is 2.41. The zero-order valence-corrected chi connectivity index (χ0v) is 21.1. The Hall–Kier alpha value is 0.501. The molecule has 0 atom stereocenters. The standard InChI is InChI=1S/C21H29Si.3ClH.Ti/c1-16(2)21-15-20(22-19-11-7-4-8-12-19)14-18(21)13-17-9-5-3-6-10-17;;;;/h4,7-8,11-12,16-17H,3,5-6,9-10,13-14,22H2,1-2H3;3*1H;/q;;;;+3/p-3. The van der Waals surface area contributed by atoms with Gasteiger partial charge in [0.25, 0.3) is 0 Å². The summed E-state index contributed by atoms with van der Waals surface area (Å²) in [5, 5.41) is 3.41. The van der Waals surface area contributed by atoms with Gasteiger partial charge < -0.3 is 37.2 Å². The molecule has 1 aromatic rings. The van der Waals surface area contributed by atoms with Crippen LogP contribution >= 0.6 is 0 Å². The smallest absolute Gasteiger partial charge is 1.00 e.